The molecule has 3 heterocycles. The minimum Gasteiger partial charge on any atom is -0.332 e. The second-order valence-corrected chi connectivity index (χ2v) is 7.07. The van der Waals surface area contributed by atoms with Crippen molar-refractivity contribution in [3.05, 3.63) is 48.0 Å². The predicted molar refractivity (Wildman–Crippen MR) is 99.0 cm³/mol. The fourth-order valence-corrected chi connectivity index (χ4v) is 3.78. The van der Waals surface area contributed by atoms with Crippen LogP contribution < -0.4 is 5.73 Å². The molecule has 0 unspecified atom stereocenters. The van der Waals surface area contributed by atoms with Crippen molar-refractivity contribution in [2.45, 2.75) is 38.1 Å². The minimum atomic E-state index is -0.493. The summed E-state index contributed by atoms with van der Waals surface area (Å²) in [6.07, 6.45) is 5.70. The Labute approximate surface area is 155 Å². The molecule has 8 heteroatoms. The van der Waals surface area contributed by atoms with E-state index in [4.69, 9.17) is 10.3 Å². The molecule has 1 aromatic carbocycles. The van der Waals surface area contributed by atoms with Crippen LogP contribution in [0.25, 0.3) is 28.2 Å². The Bertz CT molecular complexity index is 1120. The maximum Gasteiger partial charge on any atom is 0.280 e. The first kappa shape index (κ1) is 16.1. The van der Waals surface area contributed by atoms with Crippen LogP contribution >= 0.6 is 0 Å². The maximum absolute atomic E-state index is 6.44. The van der Waals surface area contributed by atoms with Crippen molar-refractivity contribution in [2.24, 2.45) is 5.73 Å². The number of hydrogen-bond acceptors (Lipinski definition) is 7. The number of hydrogen-bond donors (Lipinski definition) is 1. The molecule has 0 bridgehead atoms. The van der Waals surface area contributed by atoms with Gasteiger partial charge in [0.1, 0.15) is 0 Å². The molecule has 2 N–H and O–H groups in total. The van der Waals surface area contributed by atoms with Gasteiger partial charge in [0.15, 0.2) is 11.5 Å². The lowest BCUT2D eigenvalue weighted by atomic mass is 9.99. The molecule has 0 amide bonds. The molecule has 0 atom stereocenters. The highest BCUT2D eigenvalue weighted by molar-refractivity contribution is 5.87. The summed E-state index contributed by atoms with van der Waals surface area (Å²) in [5.41, 5.74) is 9.13. The molecule has 0 aliphatic heterocycles. The largest absolute Gasteiger partial charge is 0.332 e. The lowest BCUT2D eigenvalue weighted by molar-refractivity contribution is 0.372. The molecule has 1 fully saturated rings. The van der Waals surface area contributed by atoms with Crippen molar-refractivity contribution in [3.63, 3.8) is 0 Å². The summed E-state index contributed by atoms with van der Waals surface area (Å²) < 4.78 is 7.25. The Hall–Kier alpha value is -3.13. The van der Waals surface area contributed by atoms with Crippen LogP contribution in [0.1, 0.15) is 37.2 Å². The number of rotatable bonds is 3. The molecule has 0 spiro atoms. The van der Waals surface area contributed by atoms with E-state index >= 15 is 0 Å². The molecule has 5 rings (SSSR count). The highest BCUT2D eigenvalue weighted by atomic mass is 16.5. The van der Waals surface area contributed by atoms with Crippen LogP contribution in [0.3, 0.4) is 0 Å². The zero-order valence-electron chi connectivity index (χ0n) is 15.0. The van der Waals surface area contributed by atoms with Crippen LogP contribution in [0.5, 0.6) is 0 Å². The Morgan fingerprint density at radius 2 is 2.00 bits per heavy atom. The molecule has 1 aliphatic rings. The second kappa shape index (κ2) is 5.95. The van der Waals surface area contributed by atoms with E-state index in [0.29, 0.717) is 17.4 Å². The molecule has 0 saturated heterocycles. The molecule has 3 aromatic heterocycles. The van der Waals surface area contributed by atoms with Gasteiger partial charge in [0.25, 0.3) is 5.89 Å². The molecule has 1 saturated carbocycles. The van der Waals surface area contributed by atoms with Crippen molar-refractivity contribution in [1.82, 2.24) is 30.1 Å². The number of benzene rings is 1. The first-order valence-corrected chi connectivity index (χ1v) is 9.06. The zero-order valence-corrected chi connectivity index (χ0v) is 15.0. The summed E-state index contributed by atoms with van der Waals surface area (Å²) in [4.78, 5) is 8.93. The van der Waals surface area contributed by atoms with Gasteiger partial charge in [0.05, 0.1) is 22.4 Å². The van der Waals surface area contributed by atoms with Crippen LogP contribution in [0.4, 0.5) is 0 Å². The summed E-state index contributed by atoms with van der Waals surface area (Å²) >= 11 is 0. The monoisotopic (exact) mass is 361 g/mol. The fraction of sp³-hybridized carbons (Fsp3) is 0.316. The minimum absolute atomic E-state index is 0.351. The molecule has 4 aromatic rings. The predicted octanol–water partition coefficient (Wildman–Crippen LogP) is 2.90. The van der Waals surface area contributed by atoms with E-state index in [2.05, 4.69) is 25.4 Å². The number of aromatic nitrogens is 6. The van der Waals surface area contributed by atoms with Crippen molar-refractivity contribution >= 4 is 10.9 Å². The topological polar surface area (TPSA) is 109 Å². The standard InChI is InChI=1S/C19H19N7O/c1-12-16(17-22-18(24-27-17)19(20)9-2-3-10-19)23-25-26(12)15-8-4-7-14-13(15)6-5-11-21-14/h4-8,11H,2-3,9-10,20H2,1H3. The number of nitrogens with zero attached hydrogens (tertiary/aromatic N) is 6. The summed E-state index contributed by atoms with van der Waals surface area (Å²) in [6.45, 7) is 1.93. The first-order valence-electron chi connectivity index (χ1n) is 9.06. The van der Waals surface area contributed by atoms with Crippen molar-refractivity contribution in [1.29, 1.82) is 0 Å². The molecular weight excluding hydrogens is 342 g/mol. The van der Waals surface area contributed by atoms with E-state index < -0.39 is 5.54 Å². The highest BCUT2D eigenvalue weighted by Gasteiger charge is 2.36. The van der Waals surface area contributed by atoms with Crippen molar-refractivity contribution in [3.8, 4) is 17.3 Å². The van der Waals surface area contributed by atoms with Gasteiger partial charge in [0.2, 0.25) is 0 Å². The number of fused-ring (bicyclic) bond motifs is 1. The third-order valence-corrected chi connectivity index (χ3v) is 5.32. The van der Waals surface area contributed by atoms with Gasteiger partial charge in [-0.2, -0.15) is 4.98 Å². The van der Waals surface area contributed by atoms with Gasteiger partial charge in [0, 0.05) is 11.6 Å². The van der Waals surface area contributed by atoms with Gasteiger partial charge in [-0.05, 0) is 44.0 Å². The molecular formula is C19H19N7O. The molecule has 1 aliphatic carbocycles. The maximum atomic E-state index is 6.44. The van der Waals surface area contributed by atoms with Gasteiger partial charge in [-0.1, -0.05) is 29.3 Å². The lowest BCUT2D eigenvalue weighted by Gasteiger charge is -2.17. The van der Waals surface area contributed by atoms with Crippen molar-refractivity contribution < 1.29 is 4.52 Å². The van der Waals surface area contributed by atoms with E-state index in [1.165, 1.54) is 0 Å². The normalized spacial score (nSPS) is 16.2. The van der Waals surface area contributed by atoms with Crippen LogP contribution in [0.15, 0.2) is 41.1 Å². The highest BCUT2D eigenvalue weighted by Crippen LogP contribution is 2.35. The Balaban J connectivity index is 1.57. The average Bonchev–Trinajstić information content (AvgIpc) is 3.42. The average molecular weight is 361 g/mol. The third-order valence-electron chi connectivity index (χ3n) is 5.32. The quantitative estimate of drug-likeness (QED) is 0.597. The number of pyridine rings is 1. The summed E-state index contributed by atoms with van der Waals surface area (Å²) in [7, 11) is 0. The Kier molecular flexibility index (Phi) is 3.54. The molecule has 136 valence electrons. The van der Waals surface area contributed by atoms with E-state index in [1.54, 1.807) is 10.9 Å². The summed E-state index contributed by atoms with van der Waals surface area (Å²) in [5.74, 6) is 0.905. The SMILES string of the molecule is Cc1c(-c2nc(C3(N)CCCC3)no2)nnn1-c1cccc2ncccc12. The van der Waals surface area contributed by atoms with Crippen molar-refractivity contribution in [2.75, 3.05) is 0 Å². The van der Waals surface area contributed by atoms with Gasteiger partial charge in [-0.3, -0.25) is 4.98 Å². The van der Waals surface area contributed by atoms with Crippen LogP contribution in [0.2, 0.25) is 0 Å². The summed E-state index contributed by atoms with van der Waals surface area (Å²) in [5, 5.41) is 13.7. The van der Waals surface area contributed by atoms with Gasteiger partial charge in [-0.25, -0.2) is 4.68 Å². The third kappa shape index (κ3) is 2.52. The lowest BCUT2D eigenvalue weighted by Crippen LogP contribution is -2.34. The second-order valence-electron chi connectivity index (χ2n) is 7.07. The van der Waals surface area contributed by atoms with E-state index in [-0.39, 0.29) is 0 Å². The van der Waals surface area contributed by atoms with E-state index in [1.807, 2.05) is 37.3 Å². The van der Waals surface area contributed by atoms with Gasteiger partial charge < -0.3 is 10.3 Å². The summed E-state index contributed by atoms with van der Waals surface area (Å²) in [6, 6.07) is 9.84. The van der Waals surface area contributed by atoms with E-state index in [0.717, 1.165) is 48.0 Å². The van der Waals surface area contributed by atoms with Crippen LogP contribution in [0, 0.1) is 6.92 Å². The number of nitrogens with two attached hydrogens (primary N) is 1. The Morgan fingerprint density at radius 1 is 1.15 bits per heavy atom. The smallest absolute Gasteiger partial charge is 0.280 e. The van der Waals surface area contributed by atoms with Crippen LogP contribution in [-0.2, 0) is 5.54 Å². The molecule has 8 nitrogen and oxygen atoms in total. The van der Waals surface area contributed by atoms with Gasteiger partial charge in [-0.15, -0.1) is 5.10 Å². The Morgan fingerprint density at radius 3 is 2.85 bits per heavy atom. The fourth-order valence-electron chi connectivity index (χ4n) is 3.78. The zero-order chi connectivity index (χ0) is 18.4. The van der Waals surface area contributed by atoms with Gasteiger partial charge >= 0.3 is 0 Å². The van der Waals surface area contributed by atoms with Crippen LogP contribution in [-0.4, -0.2) is 30.1 Å². The van der Waals surface area contributed by atoms with E-state index in [9.17, 15) is 0 Å². The molecule has 27 heavy (non-hydrogen) atoms. The molecule has 0 radical (unpaired) electrons. The first-order chi connectivity index (χ1) is 13.2.